The number of rotatable bonds is 13. The normalized spacial score (nSPS) is 24.7. The summed E-state index contributed by atoms with van der Waals surface area (Å²) in [6, 6.07) is 10.3. The van der Waals surface area contributed by atoms with Gasteiger partial charge >= 0.3 is 0 Å². The van der Waals surface area contributed by atoms with E-state index in [-0.39, 0.29) is 49.5 Å². The Morgan fingerprint density at radius 1 is 1.02 bits per heavy atom. The molecule has 278 valence electrons. The van der Waals surface area contributed by atoms with Gasteiger partial charge in [-0.1, -0.05) is 69.1 Å². The summed E-state index contributed by atoms with van der Waals surface area (Å²) in [5, 5.41) is 10.2. The zero-order valence-corrected chi connectivity index (χ0v) is 30.7. The van der Waals surface area contributed by atoms with Crippen LogP contribution in [0.15, 0.2) is 47.6 Å². The molecule has 0 bridgehead atoms. The number of ketones is 1. The van der Waals surface area contributed by atoms with Gasteiger partial charge in [0.25, 0.3) is 5.91 Å². The summed E-state index contributed by atoms with van der Waals surface area (Å²) in [5.41, 5.74) is 6.74. The van der Waals surface area contributed by atoms with Gasteiger partial charge in [-0.15, -0.1) is 0 Å². The second-order valence-electron chi connectivity index (χ2n) is 15.8. The molecule has 2 aromatic rings. The molecular formula is C39H49N5O8. The van der Waals surface area contributed by atoms with E-state index in [9.17, 15) is 24.0 Å². The molecule has 2 aliphatic carbocycles. The molecule has 52 heavy (non-hydrogen) atoms. The number of primary amides is 1. The highest BCUT2D eigenvalue weighted by Crippen LogP contribution is 2.48. The number of hydrogen-bond donors (Lipinski definition) is 3. The Morgan fingerprint density at radius 2 is 1.71 bits per heavy atom. The van der Waals surface area contributed by atoms with Gasteiger partial charge in [0.05, 0.1) is 32.5 Å². The summed E-state index contributed by atoms with van der Waals surface area (Å²) >= 11 is 0. The number of benzene rings is 2. The van der Waals surface area contributed by atoms with Crippen molar-refractivity contribution in [1.29, 1.82) is 0 Å². The molecule has 13 heteroatoms. The minimum Gasteiger partial charge on any atom is -0.496 e. The maximum absolute atomic E-state index is 14.7. The van der Waals surface area contributed by atoms with E-state index in [1.54, 1.807) is 20.3 Å². The van der Waals surface area contributed by atoms with Crippen LogP contribution in [0.25, 0.3) is 0 Å². The number of nitrogens with zero attached hydrogens (tertiary/aromatic N) is 2. The predicted octanol–water partition coefficient (Wildman–Crippen LogP) is 3.15. The van der Waals surface area contributed by atoms with Crippen LogP contribution >= 0.6 is 0 Å². The molecule has 6 rings (SSSR count). The van der Waals surface area contributed by atoms with Crippen LogP contribution in [-0.4, -0.2) is 84.5 Å². The second-order valence-corrected chi connectivity index (χ2v) is 15.8. The number of oxime groups is 1. The molecule has 1 saturated heterocycles. The van der Waals surface area contributed by atoms with Gasteiger partial charge in [-0.05, 0) is 54.2 Å². The van der Waals surface area contributed by atoms with Crippen molar-refractivity contribution in [2.24, 2.45) is 28.1 Å². The van der Waals surface area contributed by atoms with Crippen molar-refractivity contribution in [3.63, 3.8) is 0 Å². The Kier molecular flexibility index (Phi) is 10.1. The van der Waals surface area contributed by atoms with Crippen LogP contribution in [0.4, 0.5) is 0 Å². The lowest BCUT2D eigenvalue weighted by atomic mass is 9.85. The van der Waals surface area contributed by atoms with Crippen molar-refractivity contribution in [2.45, 2.75) is 95.9 Å². The zero-order chi connectivity index (χ0) is 37.5. The Balaban J connectivity index is 1.27. The molecule has 2 aliphatic heterocycles. The van der Waals surface area contributed by atoms with Crippen molar-refractivity contribution in [1.82, 2.24) is 15.5 Å². The fourth-order valence-electron chi connectivity index (χ4n) is 7.53. The maximum atomic E-state index is 14.7. The molecule has 0 aromatic heterocycles. The lowest BCUT2D eigenvalue weighted by Gasteiger charge is -2.35. The number of nitrogens with one attached hydrogen (secondary N) is 2. The topological polar surface area (TPSA) is 179 Å². The minimum absolute atomic E-state index is 0.00997. The molecule has 0 unspecified atom stereocenters. The van der Waals surface area contributed by atoms with Crippen molar-refractivity contribution in [3.8, 4) is 11.5 Å². The van der Waals surface area contributed by atoms with Gasteiger partial charge in [0.2, 0.25) is 23.5 Å². The smallest absolute Gasteiger partial charge is 0.287 e. The molecule has 2 heterocycles. The molecule has 3 fully saturated rings. The van der Waals surface area contributed by atoms with E-state index in [1.165, 1.54) is 4.90 Å². The van der Waals surface area contributed by atoms with Crippen LogP contribution < -0.4 is 25.8 Å². The van der Waals surface area contributed by atoms with Gasteiger partial charge in [-0.2, -0.15) is 0 Å². The number of methoxy groups -OCH3 is 2. The molecule has 6 atom stereocenters. The summed E-state index contributed by atoms with van der Waals surface area (Å²) in [7, 11) is 3.12. The van der Waals surface area contributed by atoms with Crippen molar-refractivity contribution >= 4 is 35.1 Å². The Labute approximate surface area is 304 Å². The van der Waals surface area contributed by atoms with Gasteiger partial charge in [0, 0.05) is 30.4 Å². The second kappa shape index (κ2) is 14.2. The predicted molar refractivity (Wildman–Crippen MR) is 192 cm³/mol. The Hall–Kier alpha value is -4.94. The third-order valence-corrected chi connectivity index (χ3v) is 10.7. The Morgan fingerprint density at radius 3 is 2.33 bits per heavy atom. The lowest BCUT2D eigenvalue weighted by molar-refractivity contribution is -0.145. The first-order valence-electron chi connectivity index (χ1n) is 17.9. The standard InChI is InChI=1S/C39H49N5O8/c1-21-14-26(31(51-6)17-30(21)50-5)28-18-39(52-43-28)19-29(36(48)41-27(15-22-12-13-22)32(45)34(40)46)44(20-39)37(49)33(38(2,3)4)42-35(47)25-16-24(25)23-10-8-7-9-11-23/h7-11,14,17,22,24-25,27,29,33H,12-13,15-16,18-20H2,1-6H3,(H2,40,46)(H,41,48)(H,42,47)/t24-,25+,27-,29-,33+,39+/m0/s1. The fraction of sp³-hybridized carbons (Fsp3) is 0.538. The molecule has 4 N–H and O–H groups in total. The van der Waals surface area contributed by atoms with Crippen LogP contribution in [0.5, 0.6) is 11.5 Å². The molecular weight excluding hydrogens is 666 g/mol. The Bertz CT molecular complexity index is 1780. The molecule has 2 aromatic carbocycles. The van der Waals surface area contributed by atoms with E-state index in [0.717, 1.165) is 24.0 Å². The first-order valence-corrected chi connectivity index (χ1v) is 17.9. The highest BCUT2D eigenvalue weighted by Gasteiger charge is 2.56. The highest BCUT2D eigenvalue weighted by molar-refractivity contribution is 6.37. The van der Waals surface area contributed by atoms with Crippen LogP contribution in [0.3, 0.4) is 0 Å². The molecule has 4 amide bonds. The van der Waals surface area contributed by atoms with Crippen molar-refractivity contribution in [3.05, 3.63) is 59.2 Å². The number of hydrogen-bond acceptors (Lipinski definition) is 9. The number of likely N-dealkylation sites (tertiary alicyclic amines) is 1. The summed E-state index contributed by atoms with van der Waals surface area (Å²) < 4.78 is 11.1. The monoisotopic (exact) mass is 715 g/mol. The van der Waals surface area contributed by atoms with E-state index in [1.807, 2.05) is 64.1 Å². The van der Waals surface area contributed by atoms with Gasteiger partial charge in [-0.3, -0.25) is 24.0 Å². The van der Waals surface area contributed by atoms with Crippen molar-refractivity contribution < 1.29 is 38.3 Å². The molecule has 1 spiro atoms. The van der Waals surface area contributed by atoms with Crippen LogP contribution in [0.1, 0.15) is 81.9 Å². The highest BCUT2D eigenvalue weighted by atomic mass is 16.7. The maximum Gasteiger partial charge on any atom is 0.287 e. The van der Waals surface area contributed by atoms with Gasteiger partial charge in [-0.25, -0.2) is 0 Å². The average Bonchev–Trinajstić information content (AvgIpc) is 4.04. The van der Waals surface area contributed by atoms with E-state index < -0.39 is 52.6 Å². The number of Topliss-reactive ketones (excluding diaryl/α,β-unsaturated/α-hetero) is 1. The van der Waals surface area contributed by atoms with E-state index in [2.05, 4.69) is 15.8 Å². The first kappa shape index (κ1) is 36.8. The van der Waals surface area contributed by atoms with E-state index in [4.69, 9.17) is 20.0 Å². The van der Waals surface area contributed by atoms with Gasteiger partial charge in [0.1, 0.15) is 23.6 Å². The fourth-order valence-corrected chi connectivity index (χ4v) is 7.53. The number of carbonyl (C=O) groups is 5. The van der Waals surface area contributed by atoms with Gasteiger partial charge in [0.15, 0.2) is 5.60 Å². The van der Waals surface area contributed by atoms with E-state index >= 15 is 0 Å². The van der Waals surface area contributed by atoms with Crippen LogP contribution in [-0.2, 0) is 28.8 Å². The van der Waals surface area contributed by atoms with Gasteiger partial charge < -0.3 is 35.6 Å². The average molecular weight is 716 g/mol. The third kappa shape index (κ3) is 7.63. The number of aryl methyl sites for hydroxylation is 1. The zero-order valence-electron chi connectivity index (χ0n) is 30.7. The molecule has 4 aliphatic rings. The first-order chi connectivity index (χ1) is 24.6. The van der Waals surface area contributed by atoms with Crippen molar-refractivity contribution in [2.75, 3.05) is 20.8 Å². The SMILES string of the molecule is COc1cc(OC)c(C2=NO[C@]3(C2)C[C@@H](C(=O)N[C@@H](CC2CC2)C(=O)C(N)=O)N(C(=O)[C@@H](NC(=O)[C@@H]2C[C@H]2c2ccccc2)C(C)(C)C)C3)cc1C. The third-order valence-electron chi connectivity index (χ3n) is 10.7. The minimum atomic E-state index is -1.13. The lowest BCUT2D eigenvalue weighted by Crippen LogP contribution is -2.59. The summed E-state index contributed by atoms with van der Waals surface area (Å²) in [4.78, 5) is 74.9. The van der Waals surface area contributed by atoms with Crippen LogP contribution in [0.2, 0.25) is 0 Å². The molecule has 2 saturated carbocycles. The summed E-state index contributed by atoms with van der Waals surface area (Å²) in [5.74, 6) is -2.14. The number of amides is 4. The molecule has 13 nitrogen and oxygen atoms in total. The number of carbonyl (C=O) groups excluding carboxylic acids is 5. The number of nitrogens with two attached hydrogens (primary N) is 1. The largest absolute Gasteiger partial charge is 0.496 e. The van der Waals surface area contributed by atoms with Crippen LogP contribution in [0, 0.1) is 24.2 Å². The summed E-state index contributed by atoms with van der Waals surface area (Å²) in [6.45, 7) is 7.48. The molecule has 0 radical (unpaired) electrons. The number of ether oxygens (including phenoxy) is 2. The van der Waals surface area contributed by atoms with E-state index in [0.29, 0.717) is 29.2 Å². The summed E-state index contributed by atoms with van der Waals surface area (Å²) in [6.07, 6.45) is 3.04. The quantitative estimate of drug-likeness (QED) is 0.265.